The Hall–Kier alpha value is -1.50. The van der Waals surface area contributed by atoms with E-state index in [0.29, 0.717) is 28.6 Å². The molecular weight excluding hydrogens is 226 g/mol. The van der Waals surface area contributed by atoms with Crippen molar-refractivity contribution in [2.24, 2.45) is 7.05 Å². The highest BCUT2D eigenvalue weighted by atomic mass is 32.1. The monoisotopic (exact) mass is 237 g/mol. The van der Waals surface area contributed by atoms with Gasteiger partial charge in [0.25, 0.3) is 5.88 Å². The number of hydrogen-bond donors (Lipinski definition) is 2. The fourth-order valence-electron chi connectivity index (χ4n) is 1.71. The van der Waals surface area contributed by atoms with Crippen LogP contribution < -0.4 is 9.92 Å². The predicted octanol–water partition coefficient (Wildman–Crippen LogP) is 1.05. The molecule has 0 aliphatic heterocycles. The van der Waals surface area contributed by atoms with Crippen molar-refractivity contribution < 1.29 is 4.18 Å². The minimum Gasteiger partial charge on any atom is -0.407 e. The lowest BCUT2D eigenvalue weighted by atomic mass is 10.3. The Morgan fingerprint density at radius 1 is 1.38 bits per heavy atom. The molecule has 2 aromatic heterocycles. The van der Waals surface area contributed by atoms with Crippen molar-refractivity contribution >= 4 is 29.8 Å². The Morgan fingerprint density at radius 2 is 2.12 bits per heavy atom. The van der Waals surface area contributed by atoms with Crippen molar-refractivity contribution in [3.63, 3.8) is 0 Å². The molecule has 2 heterocycles. The van der Waals surface area contributed by atoms with Crippen LogP contribution in [-0.2, 0) is 7.05 Å². The van der Waals surface area contributed by atoms with Crippen LogP contribution in [0, 0.1) is 0 Å². The van der Waals surface area contributed by atoms with Crippen molar-refractivity contribution in [1.82, 2.24) is 19.7 Å². The van der Waals surface area contributed by atoms with Crippen LogP contribution in [0.5, 0.6) is 5.88 Å². The van der Waals surface area contributed by atoms with Gasteiger partial charge in [-0.1, -0.05) is 0 Å². The zero-order valence-electron chi connectivity index (χ0n) is 8.71. The van der Waals surface area contributed by atoms with E-state index in [1.807, 2.05) is 0 Å². The molecule has 0 saturated heterocycles. The Kier molecular flexibility index (Phi) is 1.97. The summed E-state index contributed by atoms with van der Waals surface area (Å²) in [4.78, 5) is 8.70. The van der Waals surface area contributed by atoms with Crippen molar-refractivity contribution in [3.8, 4) is 5.88 Å². The van der Waals surface area contributed by atoms with Crippen LogP contribution in [-0.4, -0.2) is 19.7 Å². The quantitative estimate of drug-likeness (QED) is 0.603. The average Bonchev–Trinajstić information content (AvgIpc) is 3.03. The first-order valence-electron chi connectivity index (χ1n) is 5.02. The molecule has 1 aliphatic rings. The van der Waals surface area contributed by atoms with E-state index >= 15 is 0 Å². The van der Waals surface area contributed by atoms with Crippen molar-refractivity contribution in [2.75, 3.05) is 5.73 Å². The smallest absolute Gasteiger partial charge is 0.252 e. The number of nitrogen functional groups attached to an aromatic ring is 1. The summed E-state index contributed by atoms with van der Waals surface area (Å²) < 4.78 is 6.51. The maximum absolute atomic E-state index is 5.85. The third-order valence-electron chi connectivity index (χ3n) is 2.70. The lowest BCUT2D eigenvalue weighted by molar-refractivity contribution is 0.563. The number of aromatic nitrogens is 4. The molecule has 0 spiro atoms. The van der Waals surface area contributed by atoms with Gasteiger partial charge in [0.2, 0.25) is 0 Å². The highest BCUT2D eigenvalue weighted by molar-refractivity contribution is 7.75. The van der Waals surface area contributed by atoms with Gasteiger partial charge in [-0.25, -0.2) is 14.6 Å². The molecule has 3 rings (SSSR count). The summed E-state index contributed by atoms with van der Waals surface area (Å²) in [7, 11) is 1.75. The summed E-state index contributed by atoms with van der Waals surface area (Å²) in [5, 5.41) is 4.20. The number of thiol groups is 1. The lowest BCUT2D eigenvalue weighted by Crippen LogP contribution is -1.99. The van der Waals surface area contributed by atoms with E-state index in [1.165, 1.54) is 0 Å². The second-order valence-corrected chi connectivity index (χ2v) is 4.14. The standard InChI is InChI=1S/C9H11N5OS/c1-14-9(15-16)6-5(13-14)7(10)12-8(11-6)4-2-3-4/h4,16H,2-3H2,1H3,(H2,10,11,12). The summed E-state index contributed by atoms with van der Waals surface area (Å²) in [5.74, 6) is 2.12. The number of aryl methyl sites for hydroxylation is 1. The van der Waals surface area contributed by atoms with Crippen LogP contribution in [0.15, 0.2) is 0 Å². The molecule has 0 aromatic carbocycles. The van der Waals surface area contributed by atoms with E-state index in [-0.39, 0.29) is 0 Å². The highest BCUT2D eigenvalue weighted by Crippen LogP contribution is 2.39. The second kappa shape index (κ2) is 3.24. The van der Waals surface area contributed by atoms with Gasteiger partial charge in [-0.3, -0.25) is 0 Å². The number of nitrogens with zero attached hydrogens (tertiary/aromatic N) is 4. The molecule has 0 radical (unpaired) electrons. The van der Waals surface area contributed by atoms with Crippen LogP contribution in [0.25, 0.3) is 11.0 Å². The van der Waals surface area contributed by atoms with Gasteiger partial charge in [0.15, 0.2) is 16.9 Å². The molecule has 2 aromatic rings. The SMILES string of the molecule is Cn1nc2c(N)nc(C3CC3)nc2c1OS. The minimum atomic E-state index is 0.402. The van der Waals surface area contributed by atoms with Crippen molar-refractivity contribution in [3.05, 3.63) is 5.82 Å². The zero-order valence-corrected chi connectivity index (χ0v) is 9.61. The van der Waals surface area contributed by atoms with Gasteiger partial charge in [0.1, 0.15) is 5.82 Å². The maximum Gasteiger partial charge on any atom is 0.252 e. The molecule has 84 valence electrons. The van der Waals surface area contributed by atoms with E-state index in [1.54, 1.807) is 11.7 Å². The summed E-state index contributed by atoms with van der Waals surface area (Å²) in [6.45, 7) is 0. The second-order valence-electron chi connectivity index (χ2n) is 3.96. The summed E-state index contributed by atoms with van der Waals surface area (Å²) in [5.41, 5.74) is 7.05. The molecule has 2 N–H and O–H groups in total. The lowest BCUT2D eigenvalue weighted by Gasteiger charge is -2.00. The van der Waals surface area contributed by atoms with Gasteiger partial charge in [-0.2, -0.15) is 5.10 Å². The predicted molar refractivity (Wildman–Crippen MR) is 62.3 cm³/mol. The Balaban J connectivity index is 2.29. The third kappa shape index (κ3) is 1.31. The van der Waals surface area contributed by atoms with E-state index < -0.39 is 0 Å². The van der Waals surface area contributed by atoms with E-state index in [0.717, 1.165) is 18.7 Å². The molecule has 1 saturated carbocycles. The average molecular weight is 237 g/mol. The number of anilines is 1. The topological polar surface area (TPSA) is 78.9 Å². The van der Waals surface area contributed by atoms with Crippen LogP contribution in [0.3, 0.4) is 0 Å². The highest BCUT2D eigenvalue weighted by Gasteiger charge is 2.28. The van der Waals surface area contributed by atoms with Gasteiger partial charge < -0.3 is 9.92 Å². The first-order chi connectivity index (χ1) is 7.70. The maximum atomic E-state index is 5.85. The molecule has 16 heavy (non-hydrogen) atoms. The molecule has 0 bridgehead atoms. The van der Waals surface area contributed by atoms with Gasteiger partial charge in [-0.05, 0) is 12.8 Å². The molecule has 1 aliphatic carbocycles. The Labute approximate surface area is 97.4 Å². The zero-order chi connectivity index (χ0) is 11.3. The van der Waals surface area contributed by atoms with Crippen LogP contribution in [0.2, 0.25) is 0 Å². The van der Waals surface area contributed by atoms with E-state index in [4.69, 9.17) is 9.92 Å². The summed E-state index contributed by atoms with van der Waals surface area (Å²) >= 11 is 3.80. The van der Waals surface area contributed by atoms with Gasteiger partial charge in [0, 0.05) is 25.9 Å². The molecular formula is C9H11N5OS. The van der Waals surface area contributed by atoms with Gasteiger partial charge in [0.05, 0.1) is 0 Å². The van der Waals surface area contributed by atoms with Crippen molar-refractivity contribution in [2.45, 2.75) is 18.8 Å². The minimum absolute atomic E-state index is 0.402. The first kappa shape index (κ1) is 9.71. The molecule has 0 atom stereocenters. The Morgan fingerprint density at radius 3 is 2.75 bits per heavy atom. The third-order valence-corrected chi connectivity index (χ3v) is 2.88. The fraction of sp³-hybridized carbons (Fsp3) is 0.444. The molecule has 1 fully saturated rings. The first-order valence-corrected chi connectivity index (χ1v) is 5.38. The van der Waals surface area contributed by atoms with Crippen molar-refractivity contribution in [1.29, 1.82) is 0 Å². The number of hydrogen-bond acceptors (Lipinski definition) is 6. The molecule has 7 heteroatoms. The number of nitrogens with two attached hydrogens (primary N) is 1. The molecule has 6 nitrogen and oxygen atoms in total. The summed E-state index contributed by atoms with van der Waals surface area (Å²) in [6, 6.07) is 0. The number of rotatable bonds is 2. The largest absolute Gasteiger partial charge is 0.407 e. The fourth-order valence-corrected chi connectivity index (χ4v) is 1.92. The van der Waals surface area contributed by atoms with E-state index in [2.05, 4.69) is 28.0 Å². The van der Waals surface area contributed by atoms with Gasteiger partial charge in [-0.15, -0.1) is 0 Å². The normalized spacial score (nSPS) is 15.6. The van der Waals surface area contributed by atoms with Crippen LogP contribution in [0.4, 0.5) is 5.82 Å². The van der Waals surface area contributed by atoms with Gasteiger partial charge >= 0.3 is 0 Å². The Bertz CT molecular complexity index is 563. The molecule has 0 unspecified atom stereocenters. The number of fused-ring (bicyclic) bond motifs is 1. The van der Waals surface area contributed by atoms with Crippen LogP contribution >= 0.6 is 12.9 Å². The summed E-state index contributed by atoms with van der Waals surface area (Å²) in [6.07, 6.45) is 2.25. The molecule has 0 amide bonds. The van der Waals surface area contributed by atoms with Crippen LogP contribution in [0.1, 0.15) is 24.6 Å². The van der Waals surface area contributed by atoms with E-state index in [9.17, 15) is 0 Å².